The number of likely N-dealkylation sites (tertiary alicyclic amines) is 1. The van der Waals surface area contributed by atoms with Crippen LogP contribution in [-0.2, 0) is 17.1 Å². The molecule has 1 unspecified atom stereocenters. The van der Waals surface area contributed by atoms with Crippen molar-refractivity contribution in [1.29, 1.82) is 0 Å². The third-order valence-corrected chi connectivity index (χ3v) is 4.49. The molecule has 0 bridgehead atoms. The second kappa shape index (κ2) is 8.63. The summed E-state index contributed by atoms with van der Waals surface area (Å²) in [4.78, 5) is 2.45. The monoisotopic (exact) mass is 347 g/mol. The number of nitrogens with zero attached hydrogens (tertiary/aromatic N) is 1. The van der Waals surface area contributed by atoms with E-state index in [4.69, 9.17) is 4.74 Å². The maximum atomic E-state index is 10.6. The third-order valence-electron chi connectivity index (χ3n) is 4.49. The molecule has 1 heterocycles. The van der Waals surface area contributed by atoms with Gasteiger partial charge < -0.3 is 9.84 Å². The number of benzene rings is 2. The topological polar surface area (TPSA) is 32.7 Å². The summed E-state index contributed by atoms with van der Waals surface area (Å²) in [6, 6.07) is 20.2. The van der Waals surface area contributed by atoms with Crippen LogP contribution < -0.4 is 0 Å². The van der Waals surface area contributed by atoms with Gasteiger partial charge in [-0.3, -0.25) is 4.90 Å². The highest BCUT2D eigenvalue weighted by Crippen LogP contribution is 2.27. The van der Waals surface area contributed by atoms with Crippen LogP contribution in [0.15, 0.2) is 60.7 Å². The molecule has 2 aromatic carbocycles. The highest BCUT2D eigenvalue weighted by Gasteiger charge is 2.30. The van der Waals surface area contributed by atoms with Crippen molar-refractivity contribution < 1.29 is 9.84 Å². The van der Waals surface area contributed by atoms with E-state index in [2.05, 4.69) is 35.2 Å². The Morgan fingerprint density at radius 1 is 1.00 bits per heavy atom. The molecular formula is C20H26ClNO2. The van der Waals surface area contributed by atoms with Crippen molar-refractivity contribution in [2.45, 2.75) is 38.2 Å². The first-order valence-corrected chi connectivity index (χ1v) is 8.35. The molecule has 4 heteroatoms. The van der Waals surface area contributed by atoms with Gasteiger partial charge >= 0.3 is 0 Å². The summed E-state index contributed by atoms with van der Waals surface area (Å²) in [6.07, 6.45) is 2.02. The Morgan fingerprint density at radius 3 is 2.12 bits per heavy atom. The lowest BCUT2D eigenvalue weighted by Crippen LogP contribution is -2.40. The molecule has 2 aromatic rings. The Kier molecular flexibility index (Phi) is 6.81. The van der Waals surface area contributed by atoms with Crippen molar-refractivity contribution in [3.63, 3.8) is 0 Å². The molecule has 3 nitrogen and oxygen atoms in total. The van der Waals surface area contributed by atoms with Gasteiger partial charge in [-0.05, 0) is 25.3 Å². The molecule has 0 aliphatic carbocycles. The first-order chi connectivity index (χ1) is 11.1. The van der Waals surface area contributed by atoms with E-state index in [1.807, 2.05) is 30.3 Å². The zero-order valence-electron chi connectivity index (χ0n) is 14.1. The van der Waals surface area contributed by atoms with Gasteiger partial charge in [0.05, 0.1) is 6.10 Å². The Bertz CT molecular complexity index is 596. The lowest BCUT2D eigenvalue weighted by Gasteiger charge is -2.36. The molecule has 0 amide bonds. The van der Waals surface area contributed by atoms with Crippen LogP contribution >= 0.6 is 12.4 Å². The van der Waals surface area contributed by atoms with Gasteiger partial charge in [-0.1, -0.05) is 60.7 Å². The van der Waals surface area contributed by atoms with Crippen molar-refractivity contribution in [2.75, 3.05) is 13.1 Å². The number of hydrogen-bond donors (Lipinski definition) is 1. The fourth-order valence-corrected chi connectivity index (χ4v) is 3.17. The van der Waals surface area contributed by atoms with Gasteiger partial charge in [0.15, 0.2) is 5.79 Å². The SMILES string of the molecule is CC(O)(OC1CCN(Cc2ccccc2)CC1)c1ccccc1.Cl. The predicted molar refractivity (Wildman–Crippen MR) is 99.1 cm³/mol. The second-order valence-corrected chi connectivity index (χ2v) is 6.43. The number of piperidine rings is 1. The molecule has 1 atom stereocenters. The van der Waals surface area contributed by atoms with Gasteiger partial charge in [-0.2, -0.15) is 0 Å². The van der Waals surface area contributed by atoms with Gasteiger partial charge in [0.25, 0.3) is 0 Å². The van der Waals surface area contributed by atoms with Crippen molar-refractivity contribution in [1.82, 2.24) is 4.90 Å². The van der Waals surface area contributed by atoms with E-state index in [1.54, 1.807) is 6.92 Å². The maximum Gasteiger partial charge on any atom is 0.189 e. The molecular weight excluding hydrogens is 322 g/mol. The van der Waals surface area contributed by atoms with E-state index in [-0.39, 0.29) is 18.5 Å². The Hall–Kier alpha value is -1.39. The summed E-state index contributed by atoms with van der Waals surface area (Å²) >= 11 is 0. The molecule has 1 saturated heterocycles. The van der Waals surface area contributed by atoms with E-state index in [1.165, 1.54) is 5.56 Å². The molecule has 130 valence electrons. The minimum absolute atomic E-state index is 0. The zero-order valence-corrected chi connectivity index (χ0v) is 14.9. The number of halogens is 1. The van der Waals surface area contributed by atoms with E-state index in [9.17, 15) is 5.11 Å². The van der Waals surface area contributed by atoms with Gasteiger partial charge in [0, 0.05) is 25.2 Å². The minimum atomic E-state index is -1.21. The first-order valence-electron chi connectivity index (χ1n) is 8.35. The lowest BCUT2D eigenvalue weighted by atomic mass is 10.0. The zero-order chi connectivity index (χ0) is 16.1. The minimum Gasteiger partial charge on any atom is -0.362 e. The van der Waals surface area contributed by atoms with Crippen LogP contribution in [0, 0.1) is 0 Å². The quantitative estimate of drug-likeness (QED) is 0.831. The van der Waals surface area contributed by atoms with Crippen LogP contribution in [0.1, 0.15) is 30.9 Å². The van der Waals surface area contributed by atoms with Crippen LogP contribution in [-0.4, -0.2) is 29.2 Å². The first kappa shape index (κ1) is 18.9. The number of aliphatic hydroxyl groups is 1. The number of ether oxygens (including phenoxy) is 1. The summed E-state index contributed by atoms with van der Waals surface area (Å²) in [7, 11) is 0. The Balaban J connectivity index is 0.00000208. The second-order valence-electron chi connectivity index (χ2n) is 6.43. The van der Waals surface area contributed by atoms with E-state index in [0.717, 1.165) is 38.0 Å². The Labute approximate surface area is 150 Å². The molecule has 1 aliphatic heterocycles. The van der Waals surface area contributed by atoms with E-state index < -0.39 is 5.79 Å². The predicted octanol–water partition coefficient (Wildman–Crippen LogP) is 3.95. The fourth-order valence-electron chi connectivity index (χ4n) is 3.17. The van der Waals surface area contributed by atoms with Crippen molar-refractivity contribution >= 4 is 12.4 Å². The van der Waals surface area contributed by atoms with Crippen molar-refractivity contribution in [2.24, 2.45) is 0 Å². The lowest BCUT2D eigenvalue weighted by molar-refractivity contribution is -0.233. The third kappa shape index (κ3) is 5.05. The summed E-state index contributed by atoms with van der Waals surface area (Å²) in [5, 5.41) is 10.6. The summed E-state index contributed by atoms with van der Waals surface area (Å²) < 4.78 is 5.99. The van der Waals surface area contributed by atoms with Crippen LogP contribution in [0.25, 0.3) is 0 Å². The standard InChI is InChI=1S/C20H25NO2.ClH/c1-20(22,18-10-6-3-7-11-18)23-19-12-14-21(15-13-19)16-17-8-4-2-5-9-17;/h2-11,19,22H,12-16H2,1H3;1H. The highest BCUT2D eigenvalue weighted by molar-refractivity contribution is 5.85. The number of rotatable bonds is 5. The fraction of sp³-hybridized carbons (Fsp3) is 0.400. The van der Waals surface area contributed by atoms with Crippen LogP contribution in [0.5, 0.6) is 0 Å². The normalized spacial score (nSPS) is 18.6. The molecule has 3 rings (SSSR count). The average molecular weight is 348 g/mol. The molecule has 0 radical (unpaired) electrons. The van der Waals surface area contributed by atoms with E-state index >= 15 is 0 Å². The molecule has 0 saturated carbocycles. The average Bonchev–Trinajstić information content (AvgIpc) is 2.58. The van der Waals surface area contributed by atoms with Crippen LogP contribution in [0.3, 0.4) is 0 Å². The molecule has 24 heavy (non-hydrogen) atoms. The van der Waals surface area contributed by atoms with E-state index in [0.29, 0.717) is 0 Å². The highest BCUT2D eigenvalue weighted by atomic mass is 35.5. The molecule has 1 fully saturated rings. The van der Waals surface area contributed by atoms with Gasteiger partial charge in [0.2, 0.25) is 0 Å². The maximum absolute atomic E-state index is 10.6. The van der Waals surface area contributed by atoms with Crippen LogP contribution in [0.2, 0.25) is 0 Å². The molecule has 1 aliphatic rings. The Morgan fingerprint density at radius 2 is 1.54 bits per heavy atom. The van der Waals surface area contributed by atoms with Gasteiger partial charge in [0.1, 0.15) is 0 Å². The summed E-state index contributed by atoms with van der Waals surface area (Å²) in [5.41, 5.74) is 2.16. The van der Waals surface area contributed by atoms with Crippen LogP contribution in [0.4, 0.5) is 0 Å². The molecule has 0 spiro atoms. The smallest absolute Gasteiger partial charge is 0.189 e. The number of hydrogen-bond acceptors (Lipinski definition) is 3. The van der Waals surface area contributed by atoms with Gasteiger partial charge in [-0.15, -0.1) is 12.4 Å². The van der Waals surface area contributed by atoms with Gasteiger partial charge in [-0.25, -0.2) is 0 Å². The van der Waals surface area contributed by atoms with Crippen molar-refractivity contribution in [3.05, 3.63) is 71.8 Å². The summed E-state index contributed by atoms with van der Waals surface area (Å²) in [6.45, 7) is 4.73. The largest absolute Gasteiger partial charge is 0.362 e. The molecule has 0 aromatic heterocycles. The molecule has 1 N–H and O–H groups in total. The van der Waals surface area contributed by atoms with Crippen molar-refractivity contribution in [3.8, 4) is 0 Å². The summed E-state index contributed by atoms with van der Waals surface area (Å²) in [5.74, 6) is -1.21.